The monoisotopic (exact) mass is 285 g/mol. The molecule has 0 aliphatic carbocycles. The van der Waals surface area contributed by atoms with Gasteiger partial charge in [-0.3, -0.25) is 4.79 Å². The first-order valence-corrected chi connectivity index (χ1v) is 6.09. The van der Waals surface area contributed by atoms with E-state index in [1.165, 1.54) is 6.92 Å². The maximum absolute atomic E-state index is 13.4. The average molecular weight is 285 g/mol. The second kappa shape index (κ2) is 5.98. The van der Waals surface area contributed by atoms with E-state index in [1.54, 1.807) is 20.8 Å². The molecule has 0 fully saturated rings. The van der Waals surface area contributed by atoms with Gasteiger partial charge in [0.15, 0.2) is 0 Å². The van der Waals surface area contributed by atoms with Gasteiger partial charge < -0.3 is 10.1 Å². The Morgan fingerprint density at radius 3 is 2.40 bits per heavy atom. The van der Waals surface area contributed by atoms with Gasteiger partial charge in [-0.1, -0.05) is 0 Å². The number of carbonyl (C=O) groups is 2. The van der Waals surface area contributed by atoms with Gasteiger partial charge in [-0.15, -0.1) is 0 Å². The fourth-order valence-corrected chi connectivity index (χ4v) is 1.39. The number of hydrogen-bond acceptors (Lipinski definition) is 3. The predicted molar refractivity (Wildman–Crippen MR) is 69.1 cm³/mol. The van der Waals surface area contributed by atoms with Crippen molar-refractivity contribution in [3.8, 4) is 0 Å². The minimum Gasteiger partial charge on any atom is -0.458 e. The van der Waals surface area contributed by atoms with Crippen LogP contribution < -0.4 is 5.32 Å². The summed E-state index contributed by atoms with van der Waals surface area (Å²) in [7, 11) is 0. The lowest BCUT2D eigenvalue weighted by Crippen LogP contribution is -2.42. The van der Waals surface area contributed by atoms with Gasteiger partial charge in [0.05, 0.1) is 5.56 Å². The van der Waals surface area contributed by atoms with Gasteiger partial charge in [0.1, 0.15) is 23.3 Å². The average Bonchev–Trinajstić information content (AvgIpc) is 2.29. The molecular weight excluding hydrogens is 268 g/mol. The summed E-state index contributed by atoms with van der Waals surface area (Å²) in [4.78, 5) is 23.4. The molecule has 0 bridgehead atoms. The number of amides is 1. The van der Waals surface area contributed by atoms with Crippen LogP contribution in [0.1, 0.15) is 38.1 Å². The van der Waals surface area contributed by atoms with Crippen molar-refractivity contribution in [2.24, 2.45) is 0 Å². The molecule has 0 heterocycles. The Labute approximate surface area is 116 Å². The molecule has 110 valence electrons. The summed E-state index contributed by atoms with van der Waals surface area (Å²) in [6.07, 6.45) is 0. The van der Waals surface area contributed by atoms with Gasteiger partial charge in [0, 0.05) is 0 Å². The maximum Gasteiger partial charge on any atom is 0.328 e. The number of hydrogen-bond donors (Lipinski definition) is 1. The van der Waals surface area contributed by atoms with Crippen LogP contribution in [0.2, 0.25) is 0 Å². The smallest absolute Gasteiger partial charge is 0.328 e. The van der Waals surface area contributed by atoms with Crippen LogP contribution in [0.5, 0.6) is 0 Å². The second-order valence-electron chi connectivity index (χ2n) is 5.35. The Kier molecular flexibility index (Phi) is 4.81. The topological polar surface area (TPSA) is 55.4 Å². The Bertz CT molecular complexity index is 524. The third-order valence-electron chi connectivity index (χ3n) is 2.28. The van der Waals surface area contributed by atoms with E-state index in [-0.39, 0.29) is 0 Å². The van der Waals surface area contributed by atoms with Crippen LogP contribution in [0.4, 0.5) is 8.78 Å². The SMILES string of the molecule is C[C@H](NC(=O)c1cc(F)ccc1F)C(=O)OC(C)(C)C. The highest BCUT2D eigenvalue weighted by Gasteiger charge is 2.24. The third-order valence-corrected chi connectivity index (χ3v) is 2.28. The van der Waals surface area contributed by atoms with E-state index in [9.17, 15) is 18.4 Å². The van der Waals surface area contributed by atoms with Gasteiger partial charge in [-0.25, -0.2) is 13.6 Å². The molecule has 1 N–H and O–H groups in total. The van der Waals surface area contributed by atoms with E-state index in [4.69, 9.17) is 4.74 Å². The Morgan fingerprint density at radius 2 is 1.85 bits per heavy atom. The van der Waals surface area contributed by atoms with Crippen LogP contribution in [-0.2, 0) is 9.53 Å². The largest absolute Gasteiger partial charge is 0.458 e. The van der Waals surface area contributed by atoms with Crippen molar-refractivity contribution in [1.29, 1.82) is 0 Å². The number of halogens is 2. The summed E-state index contributed by atoms with van der Waals surface area (Å²) >= 11 is 0. The van der Waals surface area contributed by atoms with Gasteiger partial charge >= 0.3 is 5.97 Å². The highest BCUT2D eigenvalue weighted by Crippen LogP contribution is 2.11. The molecule has 0 aromatic heterocycles. The van der Waals surface area contributed by atoms with Gasteiger partial charge in [-0.05, 0) is 45.9 Å². The van der Waals surface area contributed by atoms with E-state index >= 15 is 0 Å². The minimum absolute atomic E-state index is 0.458. The molecule has 0 radical (unpaired) electrons. The number of carbonyl (C=O) groups excluding carboxylic acids is 2. The molecule has 6 heteroatoms. The summed E-state index contributed by atoms with van der Waals surface area (Å²) in [5.41, 5.74) is -1.15. The van der Waals surface area contributed by atoms with Crippen molar-refractivity contribution in [2.75, 3.05) is 0 Å². The molecule has 1 aromatic rings. The van der Waals surface area contributed by atoms with Crippen molar-refractivity contribution in [1.82, 2.24) is 5.32 Å². The van der Waals surface area contributed by atoms with E-state index in [2.05, 4.69) is 5.32 Å². The van der Waals surface area contributed by atoms with Crippen molar-refractivity contribution < 1.29 is 23.1 Å². The lowest BCUT2D eigenvalue weighted by atomic mass is 10.1. The summed E-state index contributed by atoms with van der Waals surface area (Å²) in [5.74, 6) is -3.12. The van der Waals surface area contributed by atoms with E-state index in [0.29, 0.717) is 0 Å². The van der Waals surface area contributed by atoms with E-state index in [0.717, 1.165) is 18.2 Å². The second-order valence-corrected chi connectivity index (χ2v) is 5.35. The van der Waals surface area contributed by atoms with Crippen LogP contribution in [-0.4, -0.2) is 23.5 Å². The first-order valence-electron chi connectivity index (χ1n) is 6.09. The van der Waals surface area contributed by atoms with Crippen LogP contribution >= 0.6 is 0 Å². The molecule has 20 heavy (non-hydrogen) atoms. The highest BCUT2D eigenvalue weighted by atomic mass is 19.1. The van der Waals surface area contributed by atoms with E-state index in [1.807, 2.05) is 0 Å². The molecule has 0 aliphatic heterocycles. The molecule has 1 aromatic carbocycles. The molecule has 0 saturated heterocycles. The zero-order valence-electron chi connectivity index (χ0n) is 11.8. The highest BCUT2D eigenvalue weighted by molar-refractivity contribution is 5.96. The Hall–Kier alpha value is -1.98. The van der Waals surface area contributed by atoms with Crippen LogP contribution in [0.15, 0.2) is 18.2 Å². The first-order chi connectivity index (χ1) is 9.10. The number of benzene rings is 1. The molecule has 1 atom stereocenters. The summed E-state index contributed by atoms with van der Waals surface area (Å²) < 4.78 is 31.5. The minimum atomic E-state index is -0.968. The number of rotatable bonds is 3. The van der Waals surface area contributed by atoms with Crippen molar-refractivity contribution in [2.45, 2.75) is 39.3 Å². The molecule has 4 nitrogen and oxygen atoms in total. The molecular formula is C14H17F2NO3. The molecule has 1 rings (SSSR count). The summed E-state index contributed by atoms with van der Waals surface area (Å²) in [6.45, 7) is 6.46. The zero-order valence-corrected chi connectivity index (χ0v) is 11.8. The van der Waals surface area contributed by atoms with Gasteiger partial charge in [-0.2, -0.15) is 0 Å². The van der Waals surface area contributed by atoms with Crippen molar-refractivity contribution in [3.05, 3.63) is 35.4 Å². The van der Waals surface area contributed by atoms with Crippen LogP contribution in [0.25, 0.3) is 0 Å². The quantitative estimate of drug-likeness (QED) is 0.868. The lowest BCUT2D eigenvalue weighted by molar-refractivity contribution is -0.156. The van der Waals surface area contributed by atoms with Crippen molar-refractivity contribution >= 4 is 11.9 Å². The molecule has 0 unspecified atom stereocenters. The van der Waals surface area contributed by atoms with Crippen LogP contribution in [0.3, 0.4) is 0 Å². The lowest BCUT2D eigenvalue weighted by Gasteiger charge is -2.22. The maximum atomic E-state index is 13.4. The predicted octanol–water partition coefficient (Wildman–Crippen LogP) is 2.42. The molecule has 0 spiro atoms. The van der Waals surface area contributed by atoms with Gasteiger partial charge in [0.25, 0.3) is 5.91 Å². The first kappa shape index (κ1) is 16.1. The standard InChI is InChI=1S/C14H17F2NO3/c1-8(13(19)20-14(2,3)4)17-12(18)10-7-9(15)5-6-11(10)16/h5-8H,1-4H3,(H,17,18)/t8-/m0/s1. The molecule has 0 aliphatic rings. The third kappa shape index (κ3) is 4.60. The fourth-order valence-electron chi connectivity index (χ4n) is 1.39. The van der Waals surface area contributed by atoms with Crippen molar-refractivity contribution in [3.63, 3.8) is 0 Å². The number of ether oxygens (including phenoxy) is 1. The number of esters is 1. The summed E-state index contributed by atoms with van der Waals surface area (Å²) in [5, 5.41) is 2.27. The number of nitrogens with one attached hydrogen (secondary N) is 1. The van der Waals surface area contributed by atoms with E-state index < -0.39 is 40.7 Å². The summed E-state index contributed by atoms with van der Waals surface area (Å²) in [6, 6.07) is 1.56. The fraction of sp³-hybridized carbons (Fsp3) is 0.429. The molecule has 1 amide bonds. The Morgan fingerprint density at radius 1 is 1.25 bits per heavy atom. The molecule has 0 saturated carbocycles. The van der Waals surface area contributed by atoms with Gasteiger partial charge in [0.2, 0.25) is 0 Å². The van der Waals surface area contributed by atoms with Crippen LogP contribution in [0, 0.1) is 11.6 Å². The Balaban J connectivity index is 2.75. The normalized spacial score (nSPS) is 12.7. The zero-order chi connectivity index (χ0) is 15.5.